The van der Waals surface area contributed by atoms with Crippen molar-refractivity contribution >= 4 is 0 Å². The zero-order valence-corrected chi connectivity index (χ0v) is 9.47. The van der Waals surface area contributed by atoms with E-state index in [1.807, 2.05) is 0 Å². The highest BCUT2D eigenvalue weighted by atomic mass is 14.9. The highest BCUT2D eigenvalue weighted by Gasteiger charge is 2.30. The van der Waals surface area contributed by atoms with E-state index < -0.39 is 0 Å². The monoisotopic (exact) mass is 183 g/mol. The predicted molar refractivity (Wildman–Crippen MR) is 58.9 cm³/mol. The van der Waals surface area contributed by atoms with Gasteiger partial charge in [0.15, 0.2) is 0 Å². The number of hydrogen-bond acceptors (Lipinski definition) is 1. The summed E-state index contributed by atoms with van der Waals surface area (Å²) in [4.78, 5) is 0. The van der Waals surface area contributed by atoms with Crippen LogP contribution in [0.5, 0.6) is 0 Å². The molecule has 0 aliphatic heterocycles. The molecule has 0 radical (unpaired) electrons. The zero-order chi connectivity index (χ0) is 9.68. The van der Waals surface area contributed by atoms with Crippen molar-refractivity contribution in [3.8, 4) is 0 Å². The average molecular weight is 183 g/mol. The van der Waals surface area contributed by atoms with Crippen LogP contribution in [0.1, 0.15) is 52.4 Å². The Morgan fingerprint density at radius 3 is 2.54 bits per heavy atom. The summed E-state index contributed by atoms with van der Waals surface area (Å²) in [5.41, 5.74) is 0. The molecule has 0 saturated heterocycles. The molecule has 3 unspecified atom stereocenters. The largest absolute Gasteiger partial charge is 0.317 e. The fraction of sp³-hybridized carbons (Fsp3) is 1.00. The molecule has 1 aliphatic rings. The summed E-state index contributed by atoms with van der Waals surface area (Å²) in [5, 5.41) is 3.43. The molecule has 1 rings (SSSR count). The van der Waals surface area contributed by atoms with Gasteiger partial charge in [0.25, 0.3) is 0 Å². The fourth-order valence-corrected chi connectivity index (χ4v) is 2.72. The number of unbranched alkanes of at least 4 members (excludes halogenated alkanes) is 2. The van der Waals surface area contributed by atoms with E-state index in [1.54, 1.807) is 0 Å². The lowest BCUT2D eigenvalue weighted by Gasteiger charge is -2.20. The Balaban J connectivity index is 2.20. The van der Waals surface area contributed by atoms with E-state index in [0.29, 0.717) is 0 Å². The van der Waals surface area contributed by atoms with Gasteiger partial charge in [0.05, 0.1) is 0 Å². The molecular weight excluding hydrogens is 158 g/mol. The Hall–Kier alpha value is -0.0400. The summed E-state index contributed by atoms with van der Waals surface area (Å²) >= 11 is 0. The Bertz CT molecular complexity index is 133. The van der Waals surface area contributed by atoms with Gasteiger partial charge in [-0.05, 0) is 31.7 Å². The van der Waals surface area contributed by atoms with Crippen LogP contribution in [0, 0.1) is 11.8 Å². The number of rotatable bonds is 5. The lowest BCUT2D eigenvalue weighted by atomic mass is 9.91. The van der Waals surface area contributed by atoms with E-state index >= 15 is 0 Å². The lowest BCUT2D eigenvalue weighted by molar-refractivity contribution is 0.338. The maximum absolute atomic E-state index is 3.43. The van der Waals surface area contributed by atoms with Crippen molar-refractivity contribution < 1.29 is 0 Å². The van der Waals surface area contributed by atoms with Crippen molar-refractivity contribution in [1.29, 1.82) is 0 Å². The number of hydrogen-bond donors (Lipinski definition) is 1. The average Bonchev–Trinajstić information content (AvgIpc) is 2.48. The maximum atomic E-state index is 3.43. The molecule has 0 aromatic rings. The van der Waals surface area contributed by atoms with Gasteiger partial charge in [0.1, 0.15) is 0 Å². The smallest absolute Gasteiger partial charge is 0.00924 e. The Kier molecular flexibility index (Phi) is 4.79. The first-order chi connectivity index (χ1) is 6.29. The maximum Gasteiger partial charge on any atom is 0.00924 e. The van der Waals surface area contributed by atoms with Crippen LogP contribution in [-0.2, 0) is 0 Å². The van der Waals surface area contributed by atoms with Crippen molar-refractivity contribution in [2.75, 3.05) is 7.05 Å². The molecule has 3 atom stereocenters. The van der Waals surface area contributed by atoms with Crippen molar-refractivity contribution in [1.82, 2.24) is 5.32 Å². The van der Waals surface area contributed by atoms with Gasteiger partial charge >= 0.3 is 0 Å². The van der Waals surface area contributed by atoms with Crippen LogP contribution in [-0.4, -0.2) is 13.1 Å². The number of nitrogens with one attached hydrogen (secondary N) is 1. The molecule has 0 bridgehead atoms. The second-order valence-corrected chi connectivity index (χ2v) is 4.59. The van der Waals surface area contributed by atoms with E-state index in [0.717, 1.165) is 17.9 Å². The molecule has 13 heavy (non-hydrogen) atoms. The molecule has 1 nitrogen and oxygen atoms in total. The summed E-state index contributed by atoms with van der Waals surface area (Å²) in [6, 6.07) is 0.798. The van der Waals surface area contributed by atoms with Gasteiger partial charge in [-0.15, -0.1) is 0 Å². The van der Waals surface area contributed by atoms with Gasteiger partial charge in [-0.2, -0.15) is 0 Å². The second-order valence-electron chi connectivity index (χ2n) is 4.59. The highest BCUT2D eigenvalue weighted by molar-refractivity contribution is 4.85. The molecular formula is C12H25N. The second kappa shape index (κ2) is 5.64. The highest BCUT2D eigenvalue weighted by Crippen LogP contribution is 2.35. The molecule has 78 valence electrons. The van der Waals surface area contributed by atoms with Crippen molar-refractivity contribution in [2.24, 2.45) is 11.8 Å². The van der Waals surface area contributed by atoms with Crippen LogP contribution in [0.4, 0.5) is 0 Å². The summed E-state index contributed by atoms with van der Waals surface area (Å²) in [6.07, 6.45) is 8.55. The van der Waals surface area contributed by atoms with Crippen LogP contribution in [0.15, 0.2) is 0 Å². The van der Waals surface area contributed by atoms with Crippen LogP contribution in [0.25, 0.3) is 0 Å². The van der Waals surface area contributed by atoms with E-state index in [2.05, 4.69) is 26.2 Å². The van der Waals surface area contributed by atoms with Gasteiger partial charge in [0.2, 0.25) is 0 Å². The third-order valence-corrected chi connectivity index (χ3v) is 3.78. The first kappa shape index (κ1) is 11.0. The van der Waals surface area contributed by atoms with Gasteiger partial charge < -0.3 is 5.32 Å². The summed E-state index contributed by atoms with van der Waals surface area (Å²) in [5.74, 6) is 1.91. The molecule has 1 heteroatoms. The summed E-state index contributed by atoms with van der Waals surface area (Å²) in [6.45, 7) is 4.71. The van der Waals surface area contributed by atoms with Crippen LogP contribution >= 0.6 is 0 Å². The standard InChI is InChI=1S/C12H25N/c1-4-5-6-7-11-8-9-12(13-3)10(11)2/h10-13H,4-9H2,1-3H3. The van der Waals surface area contributed by atoms with Crippen LogP contribution < -0.4 is 5.32 Å². The van der Waals surface area contributed by atoms with Crippen LogP contribution in [0.3, 0.4) is 0 Å². The van der Waals surface area contributed by atoms with Gasteiger partial charge in [-0.1, -0.05) is 39.5 Å². The quantitative estimate of drug-likeness (QED) is 0.645. The third kappa shape index (κ3) is 2.98. The fourth-order valence-electron chi connectivity index (χ4n) is 2.72. The van der Waals surface area contributed by atoms with Crippen molar-refractivity contribution in [3.05, 3.63) is 0 Å². The zero-order valence-electron chi connectivity index (χ0n) is 9.47. The SMILES string of the molecule is CCCCCC1CCC(NC)C1C. The lowest BCUT2D eigenvalue weighted by Crippen LogP contribution is -2.29. The van der Waals surface area contributed by atoms with E-state index in [4.69, 9.17) is 0 Å². The predicted octanol–water partition coefficient (Wildman–Crippen LogP) is 3.20. The van der Waals surface area contributed by atoms with Gasteiger partial charge in [-0.25, -0.2) is 0 Å². The Morgan fingerprint density at radius 1 is 1.23 bits per heavy atom. The molecule has 0 aromatic heterocycles. The Labute approximate surface area is 83.3 Å². The minimum atomic E-state index is 0.798. The minimum Gasteiger partial charge on any atom is -0.317 e. The normalized spacial score (nSPS) is 33.9. The molecule has 0 heterocycles. The summed E-state index contributed by atoms with van der Waals surface area (Å²) in [7, 11) is 2.11. The molecule has 1 aliphatic carbocycles. The van der Waals surface area contributed by atoms with Gasteiger partial charge in [-0.3, -0.25) is 0 Å². The van der Waals surface area contributed by atoms with E-state index in [9.17, 15) is 0 Å². The first-order valence-electron chi connectivity index (χ1n) is 5.96. The molecule has 1 fully saturated rings. The van der Waals surface area contributed by atoms with Crippen molar-refractivity contribution in [3.63, 3.8) is 0 Å². The van der Waals surface area contributed by atoms with Crippen molar-refractivity contribution in [2.45, 2.75) is 58.4 Å². The molecule has 0 spiro atoms. The van der Waals surface area contributed by atoms with E-state index in [-0.39, 0.29) is 0 Å². The van der Waals surface area contributed by atoms with Crippen LogP contribution in [0.2, 0.25) is 0 Å². The molecule has 0 aromatic carbocycles. The summed E-state index contributed by atoms with van der Waals surface area (Å²) < 4.78 is 0. The molecule has 1 saturated carbocycles. The van der Waals surface area contributed by atoms with E-state index in [1.165, 1.54) is 38.5 Å². The topological polar surface area (TPSA) is 12.0 Å². The van der Waals surface area contributed by atoms with Gasteiger partial charge in [0, 0.05) is 6.04 Å². The third-order valence-electron chi connectivity index (χ3n) is 3.78. The molecule has 0 amide bonds. The molecule has 1 N–H and O–H groups in total. The Morgan fingerprint density at radius 2 is 2.00 bits per heavy atom. The minimum absolute atomic E-state index is 0.798. The first-order valence-corrected chi connectivity index (χ1v) is 5.96.